The van der Waals surface area contributed by atoms with Crippen LogP contribution in [0.25, 0.3) is 0 Å². The molecule has 0 aromatic rings. The van der Waals surface area contributed by atoms with Gasteiger partial charge in [-0.25, -0.2) is 8.42 Å². The van der Waals surface area contributed by atoms with Gasteiger partial charge in [0.1, 0.15) is 5.84 Å². The largest absolute Gasteiger partial charge is 0.271 e. The summed E-state index contributed by atoms with van der Waals surface area (Å²) in [4.78, 5) is 4.50. The van der Waals surface area contributed by atoms with Gasteiger partial charge in [0.25, 0.3) is 10.0 Å². The number of aliphatic imine (C=N–C) groups is 1. The summed E-state index contributed by atoms with van der Waals surface area (Å²) in [6.07, 6.45) is 3.55. The minimum absolute atomic E-state index is 0.551. The molecule has 0 amide bonds. The van der Waals surface area contributed by atoms with E-state index in [-0.39, 0.29) is 0 Å². The van der Waals surface area contributed by atoms with E-state index < -0.39 is 10.0 Å². The molecule has 4 nitrogen and oxygen atoms in total. The van der Waals surface area contributed by atoms with Crippen LogP contribution in [0.3, 0.4) is 0 Å². The fraction of sp³-hybridized carbons (Fsp3) is 0.625. The summed E-state index contributed by atoms with van der Waals surface area (Å²) in [7, 11) is -1.60. The summed E-state index contributed by atoms with van der Waals surface area (Å²) < 4.78 is 25.5. The first kappa shape index (κ1) is 8.74. The second-order valence-electron chi connectivity index (χ2n) is 3.29. The third-order valence-corrected chi connectivity index (χ3v) is 4.04. The smallest absolute Gasteiger partial charge is 0.259 e. The van der Waals surface area contributed by atoms with Gasteiger partial charge in [0.2, 0.25) is 0 Å². The van der Waals surface area contributed by atoms with Crippen LogP contribution in [-0.2, 0) is 10.0 Å². The molecule has 2 rings (SSSR count). The van der Waals surface area contributed by atoms with Gasteiger partial charge in [-0.2, -0.15) is 0 Å². The Morgan fingerprint density at radius 3 is 2.69 bits per heavy atom. The predicted molar refractivity (Wildman–Crippen MR) is 50.9 cm³/mol. The number of hydrogen-bond acceptors (Lipinski definition) is 3. The molecule has 1 heterocycles. The molecule has 13 heavy (non-hydrogen) atoms. The van der Waals surface area contributed by atoms with Crippen LogP contribution in [0.1, 0.15) is 25.7 Å². The zero-order valence-electron chi connectivity index (χ0n) is 7.50. The molecule has 0 bridgehead atoms. The molecule has 0 radical (unpaired) electrons. The van der Waals surface area contributed by atoms with Crippen molar-refractivity contribution < 1.29 is 8.42 Å². The van der Waals surface area contributed by atoms with E-state index in [9.17, 15) is 8.42 Å². The average Bonchev–Trinajstić information content (AvgIpc) is 2.39. The standard InChI is InChI=1S/C8H12N2O2S/c1-9-8-6-4-2-3-5-7(6)13(11,12)10-8/h2-5H2,1H3,(H,9,10). The Balaban J connectivity index is 2.55. The van der Waals surface area contributed by atoms with Gasteiger partial charge >= 0.3 is 0 Å². The third-order valence-electron chi connectivity index (χ3n) is 2.48. The van der Waals surface area contributed by atoms with Crippen molar-refractivity contribution in [2.24, 2.45) is 4.99 Å². The summed E-state index contributed by atoms with van der Waals surface area (Å²) in [6.45, 7) is 0. The highest BCUT2D eigenvalue weighted by Gasteiger charge is 2.34. The van der Waals surface area contributed by atoms with Crippen LogP contribution in [0.4, 0.5) is 0 Å². The number of hydrogen-bond donors (Lipinski definition) is 1. The number of amidine groups is 1. The topological polar surface area (TPSA) is 58.5 Å². The summed E-state index contributed by atoms with van der Waals surface area (Å²) in [5, 5.41) is 0. The monoisotopic (exact) mass is 200 g/mol. The molecule has 0 atom stereocenters. The number of nitrogens with zero attached hydrogens (tertiary/aromatic N) is 1. The number of allylic oxidation sites excluding steroid dienone is 1. The summed E-state index contributed by atoms with van der Waals surface area (Å²) in [5.41, 5.74) is 0.911. The highest BCUT2D eigenvalue weighted by molar-refractivity contribution is 7.94. The first-order valence-electron chi connectivity index (χ1n) is 4.37. The van der Waals surface area contributed by atoms with Crippen LogP contribution in [-0.4, -0.2) is 21.3 Å². The quantitative estimate of drug-likeness (QED) is 0.628. The van der Waals surface area contributed by atoms with Crippen LogP contribution in [0, 0.1) is 0 Å². The van der Waals surface area contributed by atoms with E-state index in [4.69, 9.17) is 0 Å². The van der Waals surface area contributed by atoms with Gasteiger partial charge in [-0.3, -0.25) is 9.71 Å². The molecular weight excluding hydrogens is 188 g/mol. The number of nitrogens with one attached hydrogen (secondary N) is 1. The molecule has 0 spiro atoms. The predicted octanol–water partition coefficient (Wildman–Crippen LogP) is 0.776. The molecule has 0 aromatic carbocycles. The van der Waals surface area contributed by atoms with E-state index in [1.54, 1.807) is 7.05 Å². The first-order chi connectivity index (χ1) is 6.15. The van der Waals surface area contributed by atoms with E-state index in [0.717, 1.165) is 24.8 Å². The lowest BCUT2D eigenvalue weighted by atomic mass is 9.99. The molecule has 5 heteroatoms. The number of rotatable bonds is 0. The van der Waals surface area contributed by atoms with Crippen molar-refractivity contribution in [3.05, 3.63) is 10.5 Å². The molecule has 0 saturated carbocycles. The van der Waals surface area contributed by atoms with Crippen LogP contribution in [0.2, 0.25) is 0 Å². The summed E-state index contributed by atoms with van der Waals surface area (Å²) >= 11 is 0. The van der Waals surface area contributed by atoms with Crippen LogP contribution in [0.5, 0.6) is 0 Å². The van der Waals surface area contributed by atoms with Crippen molar-refractivity contribution in [1.82, 2.24) is 4.72 Å². The van der Waals surface area contributed by atoms with Gasteiger partial charge in [-0.15, -0.1) is 0 Å². The molecule has 0 saturated heterocycles. The molecule has 2 aliphatic rings. The van der Waals surface area contributed by atoms with Crippen LogP contribution < -0.4 is 4.72 Å². The summed E-state index contributed by atoms with van der Waals surface area (Å²) in [5.74, 6) is 0.551. The van der Waals surface area contributed by atoms with Gasteiger partial charge in [0.05, 0.1) is 4.91 Å². The molecular formula is C8H12N2O2S. The highest BCUT2D eigenvalue weighted by Crippen LogP contribution is 2.32. The molecule has 0 fully saturated rings. The third kappa shape index (κ3) is 1.27. The maximum Gasteiger partial charge on any atom is 0.259 e. The molecule has 1 N–H and O–H groups in total. The van der Waals surface area contributed by atoms with Crippen molar-refractivity contribution in [2.75, 3.05) is 7.05 Å². The molecule has 0 unspecified atom stereocenters. The second kappa shape index (κ2) is 2.83. The summed E-state index contributed by atoms with van der Waals surface area (Å²) in [6, 6.07) is 0. The maximum absolute atomic E-state index is 11.5. The Hall–Kier alpha value is -0.840. The highest BCUT2D eigenvalue weighted by atomic mass is 32.2. The molecule has 1 aliphatic carbocycles. The Labute approximate surface area is 77.8 Å². The van der Waals surface area contributed by atoms with Crippen molar-refractivity contribution in [3.63, 3.8) is 0 Å². The fourth-order valence-corrected chi connectivity index (χ4v) is 3.38. The van der Waals surface area contributed by atoms with E-state index in [1.807, 2.05) is 0 Å². The Kier molecular flexibility index (Phi) is 1.91. The van der Waals surface area contributed by atoms with Crippen molar-refractivity contribution in [3.8, 4) is 0 Å². The van der Waals surface area contributed by atoms with Crippen molar-refractivity contribution >= 4 is 15.9 Å². The van der Waals surface area contributed by atoms with E-state index in [0.29, 0.717) is 17.2 Å². The van der Waals surface area contributed by atoms with E-state index >= 15 is 0 Å². The average molecular weight is 200 g/mol. The number of sulfonamides is 1. The van der Waals surface area contributed by atoms with Gasteiger partial charge < -0.3 is 0 Å². The molecule has 0 aromatic heterocycles. The first-order valence-corrected chi connectivity index (χ1v) is 5.85. The lowest BCUT2D eigenvalue weighted by Crippen LogP contribution is -2.23. The zero-order chi connectivity index (χ0) is 9.47. The van der Waals surface area contributed by atoms with Crippen LogP contribution in [0.15, 0.2) is 15.5 Å². The Morgan fingerprint density at radius 1 is 1.31 bits per heavy atom. The lowest BCUT2D eigenvalue weighted by molar-refractivity contribution is 0.595. The van der Waals surface area contributed by atoms with E-state index in [1.165, 1.54) is 0 Å². The SMILES string of the molecule is CN=C1NS(=O)(=O)C2=C1CCCC2. The Bertz CT molecular complexity index is 392. The minimum atomic E-state index is -3.21. The van der Waals surface area contributed by atoms with Gasteiger partial charge in [0.15, 0.2) is 0 Å². The second-order valence-corrected chi connectivity index (χ2v) is 4.99. The molecule has 72 valence electrons. The van der Waals surface area contributed by atoms with E-state index in [2.05, 4.69) is 9.71 Å². The van der Waals surface area contributed by atoms with Crippen molar-refractivity contribution in [1.29, 1.82) is 0 Å². The van der Waals surface area contributed by atoms with Gasteiger partial charge in [0, 0.05) is 12.6 Å². The normalized spacial score (nSPS) is 28.8. The zero-order valence-corrected chi connectivity index (χ0v) is 8.32. The van der Waals surface area contributed by atoms with Crippen molar-refractivity contribution in [2.45, 2.75) is 25.7 Å². The van der Waals surface area contributed by atoms with Gasteiger partial charge in [-0.05, 0) is 25.7 Å². The van der Waals surface area contributed by atoms with Gasteiger partial charge in [-0.1, -0.05) is 0 Å². The minimum Gasteiger partial charge on any atom is -0.271 e. The fourth-order valence-electron chi connectivity index (χ4n) is 1.86. The Morgan fingerprint density at radius 2 is 2.00 bits per heavy atom. The lowest BCUT2D eigenvalue weighted by Gasteiger charge is -2.10. The van der Waals surface area contributed by atoms with Crippen LogP contribution >= 0.6 is 0 Å². The molecule has 1 aliphatic heterocycles. The maximum atomic E-state index is 11.5.